The van der Waals surface area contributed by atoms with Gasteiger partial charge in [-0.05, 0) is 11.3 Å². The molecule has 0 spiro atoms. The first kappa shape index (κ1) is 12.7. The molecule has 0 radical (unpaired) electrons. The predicted octanol–water partition coefficient (Wildman–Crippen LogP) is -3.87. The second kappa shape index (κ2) is 5.43. The molecular formula is C8H5O7-3. The zero-order valence-electron chi connectivity index (χ0n) is 7.26. The monoisotopic (exact) mass is 213 g/mol. The Kier molecular flexibility index (Phi) is 4.59. The Morgan fingerprint density at radius 2 is 1.60 bits per heavy atom. The molecule has 0 atom stereocenters. The molecule has 7 nitrogen and oxygen atoms in total. The maximum atomic E-state index is 10.5. The van der Waals surface area contributed by atoms with E-state index < -0.39 is 35.7 Å². The number of rotatable bonds is 5. The van der Waals surface area contributed by atoms with E-state index in [2.05, 4.69) is 0 Å². The third kappa shape index (κ3) is 5.09. The fraction of sp³-hybridized carbons (Fsp3) is 0.125. The molecule has 0 saturated heterocycles. The first-order chi connectivity index (χ1) is 6.84. The van der Waals surface area contributed by atoms with Crippen molar-refractivity contribution in [3.05, 3.63) is 23.5 Å². The van der Waals surface area contributed by atoms with Crippen molar-refractivity contribution in [3.8, 4) is 0 Å². The normalized spacial score (nSPS) is 12.3. The first-order valence-electron chi connectivity index (χ1n) is 3.57. The Bertz CT molecular complexity index is 350. The molecule has 15 heavy (non-hydrogen) atoms. The van der Waals surface area contributed by atoms with Crippen molar-refractivity contribution in [1.29, 1.82) is 0 Å². The minimum Gasteiger partial charge on any atom is -0.868 e. The smallest absolute Gasteiger partial charge is 0.320 e. The third-order valence-corrected chi connectivity index (χ3v) is 1.24. The van der Waals surface area contributed by atoms with E-state index in [9.17, 15) is 29.7 Å². The summed E-state index contributed by atoms with van der Waals surface area (Å²) in [6.07, 6.45) is 0.0176. The third-order valence-electron chi connectivity index (χ3n) is 1.24. The fourth-order valence-corrected chi connectivity index (χ4v) is 0.602. The minimum atomic E-state index is -1.81. The Morgan fingerprint density at radius 3 is 1.93 bits per heavy atom. The Balaban J connectivity index is 4.85. The van der Waals surface area contributed by atoms with Crippen LogP contribution in [0.1, 0.15) is 6.42 Å². The van der Waals surface area contributed by atoms with Gasteiger partial charge >= 0.3 is 5.97 Å². The van der Waals surface area contributed by atoms with E-state index in [0.29, 0.717) is 12.2 Å². The number of carbonyl (C=O) groups is 3. The highest BCUT2D eigenvalue weighted by molar-refractivity contribution is 5.91. The van der Waals surface area contributed by atoms with Crippen molar-refractivity contribution >= 4 is 17.9 Å². The number of hydrogen-bond donors (Lipinski definition) is 1. The quantitative estimate of drug-likeness (QED) is 0.279. The molecule has 0 aromatic carbocycles. The van der Waals surface area contributed by atoms with Crippen LogP contribution in [0, 0.1) is 0 Å². The van der Waals surface area contributed by atoms with Gasteiger partial charge in [-0.3, -0.25) is 0 Å². The number of allylic oxidation sites excluding steroid dienone is 2. The molecule has 0 saturated carbocycles. The van der Waals surface area contributed by atoms with E-state index >= 15 is 0 Å². The maximum absolute atomic E-state index is 10.5. The Hall–Kier alpha value is -2.31. The lowest BCUT2D eigenvalue weighted by molar-refractivity contribution is -0.309. The Labute approximate surface area is 83.6 Å². The van der Waals surface area contributed by atoms with Crippen LogP contribution < -0.4 is 15.3 Å². The van der Waals surface area contributed by atoms with Crippen LogP contribution in [0.3, 0.4) is 0 Å². The fourth-order valence-electron chi connectivity index (χ4n) is 0.602. The van der Waals surface area contributed by atoms with Crippen LogP contribution in [0.4, 0.5) is 0 Å². The van der Waals surface area contributed by atoms with Crippen molar-refractivity contribution in [2.75, 3.05) is 0 Å². The first-order valence-corrected chi connectivity index (χ1v) is 3.57. The van der Waals surface area contributed by atoms with E-state index in [1.165, 1.54) is 0 Å². The summed E-state index contributed by atoms with van der Waals surface area (Å²) in [5, 5.41) is 38.9. The van der Waals surface area contributed by atoms with Crippen LogP contribution >= 0.6 is 0 Å². The van der Waals surface area contributed by atoms with Crippen LogP contribution in [0.5, 0.6) is 0 Å². The van der Waals surface area contributed by atoms with Gasteiger partial charge in [0, 0.05) is 12.4 Å². The SMILES string of the molecule is O=C([O-])C/C(=C\C=C(/[O-])C(=O)O)C(=O)[O-]. The molecule has 1 N–H and O–H groups in total. The molecule has 0 aromatic heterocycles. The highest BCUT2D eigenvalue weighted by Gasteiger charge is 1.98. The molecule has 0 aliphatic rings. The molecule has 0 amide bonds. The number of hydrogen-bond acceptors (Lipinski definition) is 6. The lowest BCUT2D eigenvalue weighted by atomic mass is 10.1. The standard InChI is InChI=1S/C8H8O7/c9-5(8(14)15)2-1-4(7(12)13)3-6(10)11/h1-2,9H,3H2,(H,10,11)(H,12,13)(H,14,15)/p-3/b4-1+,5-2-. The molecule has 82 valence electrons. The zero-order valence-corrected chi connectivity index (χ0v) is 7.26. The molecule has 0 unspecified atom stereocenters. The van der Waals surface area contributed by atoms with Crippen molar-refractivity contribution < 1.29 is 34.8 Å². The van der Waals surface area contributed by atoms with E-state index in [0.717, 1.165) is 0 Å². The second-order valence-electron chi connectivity index (χ2n) is 2.36. The predicted molar refractivity (Wildman–Crippen MR) is 38.4 cm³/mol. The van der Waals surface area contributed by atoms with Crippen LogP contribution in [0.25, 0.3) is 0 Å². The summed E-state index contributed by atoms with van der Waals surface area (Å²) in [6.45, 7) is 0. The summed E-state index contributed by atoms with van der Waals surface area (Å²) in [6, 6.07) is 0. The summed E-state index contributed by atoms with van der Waals surface area (Å²) in [5.74, 6) is -6.64. The minimum absolute atomic E-state index is 0.427. The van der Waals surface area contributed by atoms with E-state index in [4.69, 9.17) is 5.11 Å². The van der Waals surface area contributed by atoms with Gasteiger partial charge in [0.2, 0.25) is 0 Å². The van der Waals surface area contributed by atoms with Gasteiger partial charge in [0.15, 0.2) is 0 Å². The summed E-state index contributed by atoms with van der Waals surface area (Å²) in [7, 11) is 0. The topological polar surface area (TPSA) is 141 Å². The van der Waals surface area contributed by atoms with E-state index in [-0.39, 0.29) is 0 Å². The number of carbonyl (C=O) groups excluding carboxylic acids is 2. The molecule has 0 aliphatic heterocycles. The van der Waals surface area contributed by atoms with Crippen LogP contribution in [0.2, 0.25) is 0 Å². The van der Waals surface area contributed by atoms with Gasteiger partial charge < -0.3 is 30.0 Å². The van der Waals surface area contributed by atoms with E-state index in [1.54, 1.807) is 0 Å². The van der Waals surface area contributed by atoms with Gasteiger partial charge in [-0.15, -0.1) is 0 Å². The highest BCUT2D eigenvalue weighted by Crippen LogP contribution is 2.00. The summed E-state index contributed by atoms with van der Waals surface area (Å²) < 4.78 is 0. The molecular weight excluding hydrogens is 208 g/mol. The van der Waals surface area contributed by atoms with E-state index in [1.807, 2.05) is 0 Å². The number of carboxylic acid groups (broad SMARTS) is 3. The Morgan fingerprint density at radius 1 is 1.07 bits per heavy atom. The zero-order chi connectivity index (χ0) is 12.0. The molecule has 0 aromatic rings. The lowest BCUT2D eigenvalue weighted by Gasteiger charge is -2.09. The van der Waals surface area contributed by atoms with Crippen molar-refractivity contribution in [1.82, 2.24) is 0 Å². The molecule has 0 heterocycles. The molecule has 0 bridgehead atoms. The average Bonchev–Trinajstić information content (AvgIpc) is 2.10. The highest BCUT2D eigenvalue weighted by atomic mass is 16.4. The second-order valence-corrected chi connectivity index (χ2v) is 2.36. The van der Waals surface area contributed by atoms with Gasteiger partial charge in [0.25, 0.3) is 0 Å². The summed E-state index contributed by atoms with van der Waals surface area (Å²) in [5.41, 5.74) is -0.746. The van der Waals surface area contributed by atoms with Gasteiger partial charge in [-0.25, -0.2) is 4.79 Å². The maximum Gasteiger partial charge on any atom is 0.320 e. The molecule has 0 aliphatic carbocycles. The molecule has 0 fully saturated rings. The van der Waals surface area contributed by atoms with Crippen LogP contribution in [0.15, 0.2) is 23.5 Å². The number of aliphatic carboxylic acids is 3. The van der Waals surface area contributed by atoms with Crippen LogP contribution in [-0.4, -0.2) is 23.0 Å². The molecule has 0 rings (SSSR count). The largest absolute Gasteiger partial charge is 0.868 e. The van der Waals surface area contributed by atoms with Gasteiger partial charge in [-0.1, -0.05) is 12.2 Å². The van der Waals surface area contributed by atoms with Gasteiger partial charge in [0.1, 0.15) is 0 Å². The van der Waals surface area contributed by atoms with Crippen LogP contribution in [-0.2, 0) is 14.4 Å². The number of carboxylic acids is 3. The molecule has 7 heteroatoms. The van der Waals surface area contributed by atoms with Gasteiger partial charge in [-0.2, -0.15) is 0 Å². The summed E-state index contributed by atoms with van der Waals surface area (Å²) in [4.78, 5) is 30.3. The van der Waals surface area contributed by atoms with Gasteiger partial charge in [0.05, 0.1) is 5.97 Å². The van der Waals surface area contributed by atoms with Crippen molar-refractivity contribution in [2.24, 2.45) is 0 Å². The summed E-state index contributed by atoms with van der Waals surface area (Å²) >= 11 is 0. The van der Waals surface area contributed by atoms with Crippen molar-refractivity contribution in [3.63, 3.8) is 0 Å². The van der Waals surface area contributed by atoms with Crippen molar-refractivity contribution in [2.45, 2.75) is 6.42 Å². The lowest BCUT2D eigenvalue weighted by Crippen LogP contribution is -2.30. The average molecular weight is 213 g/mol.